The Kier molecular flexibility index (Phi) is 6.83. The molecule has 0 bridgehead atoms. The molecule has 0 saturated heterocycles. The van der Waals surface area contributed by atoms with Crippen molar-refractivity contribution in [3.8, 4) is 0 Å². The van der Waals surface area contributed by atoms with Crippen LogP contribution in [0.2, 0.25) is 0 Å². The van der Waals surface area contributed by atoms with Gasteiger partial charge in [0.05, 0.1) is 0 Å². The number of anilines is 1. The molecule has 0 aliphatic carbocycles. The van der Waals surface area contributed by atoms with Gasteiger partial charge < -0.3 is 15.4 Å². The van der Waals surface area contributed by atoms with Crippen LogP contribution < -0.4 is 10.6 Å². The molecule has 0 unspecified atom stereocenters. The van der Waals surface area contributed by atoms with E-state index < -0.39 is 5.97 Å². The zero-order valence-corrected chi connectivity index (χ0v) is 13.7. The summed E-state index contributed by atoms with van der Waals surface area (Å²) in [5.41, 5.74) is 3.05. The predicted octanol–water partition coefficient (Wildman–Crippen LogP) is 2.66. The van der Waals surface area contributed by atoms with Crippen LogP contribution in [0.15, 0.2) is 54.6 Å². The lowest BCUT2D eigenvalue weighted by Gasteiger charge is -2.09. The molecule has 5 heteroatoms. The van der Waals surface area contributed by atoms with Crippen molar-refractivity contribution in [3.05, 3.63) is 65.7 Å². The number of nitrogens with one attached hydrogen (secondary N) is 2. The lowest BCUT2D eigenvalue weighted by atomic mass is 10.2. The minimum absolute atomic E-state index is 0.115. The predicted molar refractivity (Wildman–Crippen MR) is 93.5 cm³/mol. The van der Waals surface area contributed by atoms with E-state index >= 15 is 0 Å². The van der Waals surface area contributed by atoms with E-state index in [0.29, 0.717) is 13.0 Å². The summed E-state index contributed by atoms with van der Waals surface area (Å²) in [6.45, 7) is 2.61. The van der Waals surface area contributed by atoms with Gasteiger partial charge in [-0.2, -0.15) is 0 Å². The van der Waals surface area contributed by atoms with Gasteiger partial charge >= 0.3 is 5.97 Å². The number of benzene rings is 2. The van der Waals surface area contributed by atoms with E-state index in [9.17, 15) is 9.59 Å². The lowest BCUT2D eigenvalue weighted by Crippen LogP contribution is -2.31. The normalized spacial score (nSPS) is 10.0. The zero-order valence-electron chi connectivity index (χ0n) is 13.7. The first kappa shape index (κ1) is 17.5. The SMILES string of the molecule is Cc1ccccc1NCCC(=O)NCC(=O)OCc1ccccc1. The molecule has 2 rings (SSSR count). The molecule has 0 heterocycles. The molecule has 0 aromatic heterocycles. The van der Waals surface area contributed by atoms with Gasteiger partial charge in [0.15, 0.2) is 0 Å². The minimum Gasteiger partial charge on any atom is -0.460 e. The Morgan fingerprint density at radius 1 is 1.00 bits per heavy atom. The Balaban J connectivity index is 1.60. The van der Waals surface area contributed by atoms with Crippen molar-refractivity contribution in [2.75, 3.05) is 18.4 Å². The second kappa shape index (κ2) is 9.35. The van der Waals surface area contributed by atoms with Crippen LogP contribution in [0.4, 0.5) is 5.69 Å². The fourth-order valence-electron chi connectivity index (χ4n) is 2.13. The van der Waals surface area contributed by atoms with Crippen LogP contribution >= 0.6 is 0 Å². The summed E-state index contributed by atoms with van der Waals surface area (Å²) in [6.07, 6.45) is 0.292. The van der Waals surface area contributed by atoms with E-state index in [2.05, 4.69) is 10.6 Å². The summed E-state index contributed by atoms with van der Waals surface area (Å²) in [5, 5.41) is 5.77. The van der Waals surface area contributed by atoms with Crippen molar-refractivity contribution in [2.24, 2.45) is 0 Å². The number of aryl methyl sites for hydroxylation is 1. The molecule has 1 amide bonds. The first-order valence-corrected chi connectivity index (χ1v) is 7.91. The van der Waals surface area contributed by atoms with Crippen molar-refractivity contribution < 1.29 is 14.3 Å². The first-order chi connectivity index (χ1) is 11.6. The third kappa shape index (κ3) is 6.12. The van der Waals surface area contributed by atoms with Crippen LogP contribution in [0, 0.1) is 6.92 Å². The van der Waals surface area contributed by atoms with Gasteiger partial charge in [0.1, 0.15) is 13.2 Å². The highest BCUT2D eigenvalue weighted by Gasteiger charge is 2.07. The maximum absolute atomic E-state index is 11.7. The molecule has 126 valence electrons. The van der Waals surface area contributed by atoms with E-state index in [-0.39, 0.29) is 19.1 Å². The summed E-state index contributed by atoms with van der Waals surface area (Å²) in [7, 11) is 0. The third-order valence-electron chi connectivity index (χ3n) is 3.49. The summed E-state index contributed by atoms with van der Waals surface area (Å²) in [5.74, 6) is -0.633. The fraction of sp³-hybridized carbons (Fsp3) is 0.263. The molecule has 24 heavy (non-hydrogen) atoms. The fourth-order valence-corrected chi connectivity index (χ4v) is 2.13. The van der Waals surface area contributed by atoms with Gasteiger partial charge in [-0.05, 0) is 24.1 Å². The summed E-state index contributed by atoms with van der Waals surface area (Å²) in [4.78, 5) is 23.3. The molecule has 0 aliphatic rings. The maximum atomic E-state index is 11.7. The third-order valence-corrected chi connectivity index (χ3v) is 3.49. The summed E-state index contributed by atoms with van der Waals surface area (Å²) < 4.78 is 5.10. The standard InChI is InChI=1S/C19H22N2O3/c1-15-7-5-6-10-17(15)20-12-11-18(22)21-13-19(23)24-14-16-8-3-2-4-9-16/h2-10,20H,11-14H2,1H3,(H,21,22). The molecule has 2 aromatic carbocycles. The van der Waals surface area contributed by atoms with Gasteiger partial charge in [-0.1, -0.05) is 48.5 Å². The molecule has 2 N–H and O–H groups in total. The van der Waals surface area contributed by atoms with Gasteiger partial charge in [-0.3, -0.25) is 9.59 Å². The van der Waals surface area contributed by atoms with Crippen LogP contribution in [0.5, 0.6) is 0 Å². The highest BCUT2D eigenvalue weighted by atomic mass is 16.5. The van der Waals surface area contributed by atoms with E-state index in [4.69, 9.17) is 4.74 Å². The highest BCUT2D eigenvalue weighted by Crippen LogP contribution is 2.12. The van der Waals surface area contributed by atoms with Gasteiger partial charge in [0.2, 0.25) is 5.91 Å². The number of carbonyl (C=O) groups is 2. The van der Waals surface area contributed by atoms with Crippen LogP contribution in [0.1, 0.15) is 17.5 Å². The molecular formula is C19H22N2O3. The highest BCUT2D eigenvalue weighted by molar-refractivity contribution is 5.82. The molecule has 5 nitrogen and oxygen atoms in total. The minimum atomic E-state index is -0.445. The van der Waals surface area contributed by atoms with E-state index in [0.717, 1.165) is 16.8 Å². The Morgan fingerprint density at radius 2 is 1.71 bits per heavy atom. The monoisotopic (exact) mass is 326 g/mol. The van der Waals surface area contributed by atoms with Crippen molar-refractivity contribution in [1.29, 1.82) is 0 Å². The van der Waals surface area contributed by atoms with Crippen molar-refractivity contribution in [1.82, 2.24) is 5.32 Å². The van der Waals surface area contributed by atoms with Gasteiger partial charge in [-0.25, -0.2) is 0 Å². The zero-order chi connectivity index (χ0) is 17.2. The average Bonchev–Trinajstić information content (AvgIpc) is 2.61. The number of carbonyl (C=O) groups excluding carboxylic acids is 2. The number of hydrogen-bond acceptors (Lipinski definition) is 4. The average molecular weight is 326 g/mol. The Morgan fingerprint density at radius 3 is 2.46 bits per heavy atom. The van der Waals surface area contributed by atoms with Crippen LogP contribution in [0.3, 0.4) is 0 Å². The number of rotatable bonds is 8. The van der Waals surface area contributed by atoms with E-state index in [1.165, 1.54) is 0 Å². The Hall–Kier alpha value is -2.82. The van der Waals surface area contributed by atoms with Gasteiger partial charge in [0, 0.05) is 18.7 Å². The maximum Gasteiger partial charge on any atom is 0.325 e. The largest absolute Gasteiger partial charge is 0.460 e. The van der Waals surface area contributed by atoms with Gasteiger partial charge in [-0.15, -0.1) is 0 Å². The number of para-hydroxylation sites is 1. The molecule has 0 atom stereocenters. The first-order valence-electron chi connectivity index (χ1n) is 7.91. The second-order valence-electron chi connectivity index (χ2n) is 5.41. The summed E-state index contributed by atoms with van der Waals surface area (Å²) >= 11 is 0. The van der Waals surface area contributed by atoms with E-state index in [1.807, 2.05) is 61.5 Å². The van der Waals surface area contributed by atoms with Crippen LogP contribution in [-0.2, 0) is 20.9 Å². The molecule has 0 aliphatic heterocycles. The van der Waals surface area contributed by atoms with Crippen LogP contribution in [0.25, 0.3) is 0 Å². The van der Waals surface area contributed by atoms with Crippen molar-refractivity contribution >= 4 is 17.6 Å². The van der Waals surface area contributed by atoms with Crippen molar-refractivity contribution in [3.63, 3.8) is 0 Å². The molecule has 2 aromatic rings. The molecule has 0 spiro atoms. The quantitative estimate of drug-likeness (QED) is 0.732. The smallest absolute Gasteiger partial charge is 0.325 e. The second-order valence-corrected chi connectivity index (χ2v) is 5.41. The summed E-state index contributed by atoms with van der Waals surface area (Å²) in [6, 6.07) is 17.3. The number of amides is 1. The Bertz CT molecular complexity index is 671. The molecule has 0 radical (unpaired) electrons. The molecule has 0 fully saturated rings. The van der Waals surface area contributed by atoms with Crippen molar-refractivity contribution in [2.45, 2.75) is 20.0 Å². The number of esters is 1. The van der Waals surface area contributed by atoms with E-state index in [1.54, 1.807) is 0 Å². The number of hydrogen-bond donors (Lipinski definition) is 2. The lowest BCUT2D eigenvalue weighted by molar-refractivity contribution is -0.145. The molecule has 0 saturated carbocycles. The topological polar surface area (TPSA) is 67.4 Å². The van der Waals surface area contributed by atoms with Gasteiger partial charge in [0.25, 0.3) is 0 Å². The van der Waals surface area contributed by atoms with Crippen LogP contribution in [-0.4, -0.2) is 25.0 Å². The molecular weight excluding hydrogens is 304 g/mol. The number of ether oxygens (including phenoxy) is 1. The Labute approximate surface area is 142 Å².